The van der Waals surface area contributed by atoms with Crippen LogP contribution in [-0.4, -0.2) is 68.1 Å². The standard InChI is InChI=1S/C28H26Cl2N6O4S/c1-34(2)22-11-5-9-20-19(22)8-6-12-23(20)41(37,38)36(16-24-39-13-14-40-24)21-10-4-3-7-18(21)15-35-17-31-27-25(35)26(29)32-28(30)33-27/h3-12,17,24H,13-16H2,1-2H3. The Balaban J connectivity index is 1.49. The Morgan fingerprint density at radius 3 is 2.41 bits per heavy atom. The monoisotopic (exact) mass is 612 g/mol. The van der Waals surface area contributed by atoms with E-state index in [4.69, 9.17) is 32.7 Å². The summed E-state index contributed by atoms with van der Waals surface area (Å²) in [6, 6.07) is 18.2. The molecule has 0 amide bonds. The zero-order valence-corrected chi connectivity index (χ0v) is 24.6. The summed E-state index contributed by atoms with van der Waals surface area (Å²) in [5.74, 6) is 0. The molecule has 1 fully saturated rings. The minimum absolute atomic E-state index is 0.00510. The molecule has 0 atom stereocenters. The highest BCUT2D eigenvalue weighted by atomic mass is 35.5. The Morgan fingerprint density at radius 1 is 0.927 bits per heavy atom. The van der Waals surface area contributed by atoms with Crippen molar-refractivity contribution in [3.05, 3.63) is 83.0 Å². The first-order chi connectivity index (χ1) is 19.7. The van der Waals surface area contributed by atoms with E-state index in [0.29, 0.717) is 41.0 Å². The number of sulfonamides is 1. The molecule has 3 heterocycles. The van der Waals surface area contributed by atoms with Gasteiger partial charge in [-0.3, -0.25) is 4.31 Å². The largest absolute Gasteiger partial charge is 0.377 e. The lowest BCUT2D eigenvalue weighted by Crippen LogP contribution is -2.39. The van der Waals surface area contributed by atoms with Gasteiger partial charge in [-0.25, -0.2) is 18.4 Å². The number of hydrogen-bond acceptors (Lipinski definition) is 8. The molecule has 0 aliphatic carbocycles. The van der Waals surface area contributed by atoms with E-state index in [1.165, 1.54) is 4.31 Å². The second-order valence-electron chi connectivity index (χ2n) is 9.69. The minimum Gasteiger partial charge on any atom is -0.377 e. The summed E-state index contributed by atoms with van der Waals surface area (Å²) in [5, 5.41) is 1.60. The smallest absolute Gasteiger partial charge is 0.265 e. The summed E-state index contributed by atoms with van der Waals surface area (Å²) in [7, 11) is -0.249. The lowest BCUT2D eigenvalue weighted by molar-refractivity contribution is -0.0321. The topological polar surface area (TPSA) is 103 Å². The van der Waals surface area contributed by atoms with Gasteiger partial charge < -0.3 is 18.9 Å². The fraction of sp³-hybridized carbons (Fsp3) is 0.250. The highest BCUT2D eigenvalue weighted by Gasteiger charge is 2.33. The molecule has 0 radical (unpaired) electrons. The van der Waals surface area contributed by atoms with Crippen LogP contribution in [0.25, 0.3) is 21.9 Å². The van der Waals surface area contributed by atoms with E-state index in [1.807, 2.05) is 55.4 Å². The normalized spacial score (nSPS) is 14.2. The number of anilines is 2. The molecule has 1 aliphatic rings. The van der Waals surface area contributed by atoms with Crippen LogP contribution in [0.15, 0.2) is 71.9 Å². The van der Waals surface area contributed by atoms with E-state index in [9.17, 15) is 8.42 Å². The van der Waals surface area contributed by atoms with Gasteiger partial charge in [0.15, 0.2) is 17.1 Å². The molecular formula is C28H26Cl2N6O4S. The summed E-state index contributed by atoms with van der Waals surface area (Å²) in [5.41, 5.74) is 2.93. The summed E-state index contributed by atoms with van der Waals surface area (Å²) < 4.78 is 43.7. The molecule has 41 heavy (non-hydrogen) atoms. The molecule has 13 heteroatoms. The Bertz CT molecular complexity index is 1860. The molecule has 3 aromatic carbocycles. The van der Waals surface area contributed by atoms with Crippen LogP contribution in [0.4, 0.5) is 11.4 Å². The fourth-order valence-corrected chi connectivity index (χ4v) is 7.25. The summed E-state index contributed by atoms with van der Waals surface area (Å²) in [4.78, 5) is 14.7. The number of nitrogens with zero attached hydrogens (tertiary/aromatic N) is 6. The van der Waals surface area contributed by atoms with Crippen molar-refractivity contribution in [3.8, 4) is 0 Å². The molecule has 2 aromatic heterocycles. The molecule has 0 N–H and O–H groups in total. The van der Waals surface area contributed by atoms with Crippen molar-refractivity contribution in [3.63, 3.8) is 0 Å². The maximum Gasteiger partial charge on any atom is 0.265 e. The molecule has 0 unspecified atom stereocenters. The number of halogens is 2. The Morgan fingerprint density at radius 2 is 1.63 bits per heavy atom. The minimum atomic E-state index is -4.11. The molecule has 0 bridgehead atoms. The SMILES string of the molecule is CN(C)c1cccc2c(S(=O)(=O)N(CC3OCCO3)c3ccccc3Cn3cnc4nc(Cl)nc(Cl)c43)cccc12. The molecule has 0 spiro atoms. The third kappa shape index (κ3) is 5.20. The van der Waals surface area contributed by atoms with Crippen molar-refractivity contribution in [2.75, 3.05) is 43.1 Å². The van der Waals surface area contributed by atoms with Gasteiger partial charge in [0, 0.05) is 30.6 Å². The fourth-order valence-electron chi connectivity index (χ4n) is 5.07. The van der Waals surface area contributed by atoms with E-state index in [2.05, 4.69) is 15.0 Å². The summed E-state index contributed by atoms with van der Waals surface area (Å²) >= 11 is 12.4. The Hall–Kier alpha value is -3.48. The predicted octanol–water partition coefficient (Wildman–Crippen LogP) is 4.97. The van der Waals surface area contributed by atoms with E-state index in [-0.39, 0.29) is 28.4 Å². The molecular weight excluding hydrogens is 587 g/mol. The second kappa shape index (κ2) is 11.1. The van der Waals surface area contributed by atoms with Crippen LogP contribution in [0.2, 0.25) is 10.4 Å². The van der Waals surface area contributed by atoms with Gasteiger partial charge in [0.2, 0.25) is 5.28 Å². The predicted molar refractivity (Wildman–Crippen MR) is 159 cm³/mol. The van der Waals surface area contributed by atoms with Crippen LogP contribution in [-0.2, 0) is 26.0 Å². The van der Waals surface area contributed by atoms with Gasteiger partial charge in [0.1, 0.15) is 5.52 Å². The number of rotatable bonds is 8. The number of hydrogen-bond donors (Lipinski definition) is 0. The molecule has 6 rings (SSSR count). The molecule has 0 saturated carbocycles. The van der Waals surface area contributed by atoms with Gasteiger partial charge >= 0.3 is 0 Å². The van der Waals surface area contributed by atoms with E-state index >= 15 is 0 Å². The van der Waals surface area contributed by atoms with Gasteiger partial charge in [-0.2, -0.15) is 4.98 Å². The van der Waals surface area contributed by atoms with Crippen LogP contribution in [0.5, 0.6) is 0 Å². The van der Waals surface area contributed by atoms with Crippen molar-refractivity contribution in [1.29, 1.82) is 0 Å². The number of benzene rings is 3. The van der Waals surface area contributed by atoms with Crippen LogP contribution < -0.4 is 9.21 Å². The third-order valence-corrected chi connectivity index (χ3v) is 9.19. The Kier molecular flexibility index (Phi) is 7.47. The lowest BCUT2D eigenvalue weighted by atomic mass is 10.1. The highest BCUT2D eigenvalue weighted by molar-refractivity contribution is 7.93. The van der Waals surface area contributed by atoms with Crippen molar-refractivity contribution in [1.82, 2.24) is 19.5 Å². The maximum absolute atomic E-state index is 14.6. The van der Waals surface area contributed by atoms with E-state index in [1.54, 1.807) is 35.2 Å². The van der Waals surface area contributed by atoms with Crippen molar-refractivity contribution < 1.29 is 17.9 Å². The van der Waals surface area contributed by atoms with Crippen LogP contribution in [0, 0.1) is 0 Å². The van der Waals surface area contributed by atoms with Gasteiger partial charge in [-0.1, -0.05) is 54.1 Å². The average Bonchev–Trinajstić information content (AvgIpc) is 3.61. The molecule has 212 valence electrons. The molecule has 10 nitrogen and oxygen atoms in total. The number of para-hydroxylation sites is 1. The quantitative estimate of drug-likeness (QED) is 0.179. The van der Waals surface area contributed by atoms with Gasteiger partial charge in [-0.05, 0) is 35.4 Å². The number of imidazole rings is 1. The van der Waals surface area contributed by atoms with Crippen LogP contribution >= 0.6 is 23.2 Å². The average molecular weight is 614 g/mol. The van der Waals surface area contributed by atoms with E-state index < -0.39 is 16.3 Å². The van der Waals surface area contributed by atoms with Gasteiger partial charge in [0.05, 0.1) is 43.2 Å². The first-order valence-corrected chi connectivity index (χ1v) is 15.0. The number of ether oxygens (including phenoxy) is 2. The highest BCUT2D eigenvalue weighted by Crippen LogP contribution is 2.35. The lowest BCUT2D eigenvalue weighted by Gasteiger charge is -2.29. The summed E-state index contributed by atoms with van der Waals surface area (Å²) in [6.07, 6.45) is 0.859. The maximum atomic E-state index is 14.6. The van der Waals surface area contributed by atoms with Crippen molar-refractivity contribution >= 4 is 66.5 Å². The second-order valence-corrected chi connectivity index (χ2v) is 12.2. The number of aromatic nitrogens is 4. The zero-order valence-electron chi connectivity index (χ0n) is 22.2. The molecule has 5 aromatic rings. The summed E-state index contributed by atoms with van der Waals surface area (Å²) in [6.45, 7) is 0.995. The van der Waals surface area contributed by atoms with Gasteiger partial charge in [0.25, 0.3) is 10.0 Å². The van der Waals surface area contributed by atoms with E-state index in [0.717, 1.165) is 11.1 Å². The van der Waals surface area contributed by atoms with Gasteiger partial charge in [-0.15, -0.1) is 0 Å². The van der Waals surface area contributed by atoms with Crippen molar-refractivity contribution in [2.45, 2.75) is 17.7 Å². The first-order valence-electron chi connectivity index (χ1n) is 12.8. The molecule has 1 saturated heterocycles. The van der Waals surface area contributed by atoms with Crippen molar-refractivity contribution in [2.24, 2.45) is 0 Å². The zero-order chi connectivity index (χ0) is 28.7. The van der Waals surface area contributed by atoms with Crippen LogP contribution in [0.1, 0.15) is 5.56 Å². The molecule has 1 aliphatic heterocycles. The number of fused-ring (bicyclic) bond motifs is 2. The first kappa shape index (κ1) is 27.7. The third-order valence-electron chi connectivity index (χ3n) is 6.92. The Labute approximate surface area is 247 Å². The van der Waals surface area contributed by atoms with Crippen LogP contribution in [0.3, 0.4) is 0 Å².